The van der Waals surface area contributed by atoms with Crippen LogP contribution in [0.15, 0.2) is 0 Å². The monoisotopic (exact) mass is 295 g/mol. The van der Waals surface area contributed by atoms with E-state index in [2.05, 4.69) is 15.1 Å². The number of piperidine rings is 1. The molecule has 0 aromatic heterocycles. The van der Waals surface area contributed by atoms with E-state index in [0.29, 0.717) is 12.5 Å². The van der Waals surface area contributed by atoms with Crippen molar-refractivity contribution in [3.63, 3.8) is 0 Å². The summed E-state index contributed by atoms with van der Waals surface area (Å²) in [7, 11) is 2.03. The van der Waals surface area contributed by atoms with E-state index in [0.717, 1.165) is 38.6 Å². The third-order valence-corrected chi connectivity index (χ3v) is 5.08. The van der Waals surface area contributed by atoms with Crippen LogP contribution in [0, 0.1) is 5.92 Å². The third kappa shape index (κ3) is 5.95. The summed E-state index contributed by atoms with van der Waals surface area (Å²) < 4.78 is 0. The van der Waals surface area contributed by atoms with Crippen LogP contribution in [-0.2, 0) is 4.79 Å². The fourth-order valence-electron chi connectivity index (χ4n) is 3.57. The van der Waals surface area contributed by atoms with Crippen LogP contribution in [0.25, 0.3) is 0 Å². The Morgan fingerprint density at radius 1 is 1.00 bits per heavy atom. The normalized spacial score (nSPS) is 22.8. The molecule has 0 aromatic carbocycles. The van der Waals surface area contributed by atoms with Crippen LogP contribution in [0.1, 0.15) is 51.4 Å². The lowest BCUT2D eigenvalue weighted by Crippen LogP contribution is -2.44. The molecule has 0 aromatic rings. The first-order valence-electron chi connectivity index (χ1n) is 8.94. The third-order valence-electron chi connectivity index (χ3n) is 5.08. The molecule has 2 saturated heterocycles. The number of nitrogens with one attached hydrogen (secondary N) is 1. The number of nitrogens with zero attached hydrogens (tertiary/aromatic N) is 2. The molecule has 2 heterocycles. The van der Waals surface area contributed by atoms with Crippen LogP contribution in [0.4, 0.5) is 0 Å². The van der Waals surface area contributed by atoms with Gasteiger partial charge in [0.1, 0.15) is 0 Å². The van der Waals surface area contributed by atoms with Gasteiger partial charge in [0.05, 0.1) is 6.54 Å². The van der Waals surface area contributed by atoms with Crippen molar-refractivity contribution >= 4 is 5.91 Å². The van der Waals surface area contributed by atoms with E-state index in [1.54, 1.807) is 0 Å². The van der Waals surface area contributed by atoms with Crippen molar-refractivity contribution in [2.45, 2.75) is 51.4 Å². The molecule has 0 radical (unpaired) electrons. The van der Waals surface area contributed by atoms with Gasteiger partial charge in [-0.15, -0.1) is 0 Å². The van der Waals surface area contributed by atoms with Crippen LogP contribution in [-0.4, -0.2) is 62.0 Å². The van der Waals surface area contributed by atoms with Gasteiger partial charge in [0.15, 0.2) is 0 Å². The van der Waals surface area contributed by atoms with Gasteiger partial charge in [-0.3, -0.25) is 9.69 Å². The SMILES string of the molecule is CNCCC1CCN(CC(=O)N2CCCCCCC2)CC1. The number of likely N-dealkylation sites (tertiary alicyclic amines) is 2. The van der Waals surface area contributed by atoms with Gasteiger partial charge in [0.2, 0.25) is 5.91 Å². The first-order valence-corrected chi connectivity index (χ1v) is 8.94. The average molecular weight is 295 g/mol. The standard InChI is InChI=1S/C17H33N3O/c1-18-10-7-16-8-13-19(14-9-16)15-17(21)20-11-5-3-2-4-6-12-20/h16,18H,2-15H2,1H3. The largest absolute Gasteiger partial charge is 0.342 e. The van der Waals surface area contributed by atoms with Crippen LogP contribution >= 0.6 is 0 Å². The summed E-state index contributed by atoms with van der Waals surface area (Å²) >= 11 is 0. The Labute approximate surface area is 130 Å². The Morgan fingerprint density at radius 3 is 2.24 bits per heavy atom. The van der Waals surface area contributed by atoms with E-state index in [4.69, 9.17) is 0 Å². The number of rotatable bonds is 5. The van der Waals surface area contributed by atoms with E-state index in [-0.39, 0.29) is 0 Å². The second kappa shape index (κ2) is 9.42. The summed E-state index contributed by atoms with van der Waals surface area (Å²) in [6.07, 6.45) is 10.1. The highest BCUT2D eigenvalue weighted by Crippen LogP contribution is 2.20. The summed E-state index contributed by atoms with van der Waals surface area (Å²) in [5.41, 5.74) is 0. The van der Waals surface area contributed by atoms with E-state index < -0.39 is 0 Å². The lowest BCUT2D eigenvalue weighted by atomic mass is 9.93. The van der Waals surface area contributed by atoms with Gasteiger partial charge < -0.3 is 10.2 Å². The van der Waals surface area contributed by atoms with Crippen molar-refractivity contribution < 1.29 is 4.79 Å². The quantitative estimate of drug-likeness (QED) is 0.844. The summed E-state index contributed by atoms with van der Waals surface area (Å²) in [6, 6.07) is 0. The number of amides is 1. The Hall–Kier alpha value is -0.610. The molecule has 1 N–H and O–H groups in total. The molecule has 0 saturated carbocycles. The zero-order valence-corrected chi connectivity index (χ0v) is 13.8. The highest BCUT2D eigenvalue weighted by atomic mass is 16.2. The van der Waals surface area contributed by atoms with Gasteiger partial charge in [-0.2, -0.15) is 0 Å². The fourth-order valence-corrected chi connectivity index (χ4v) is 3.57. The molecule has 2 aliphatic heterocycles. The number of carbonyl (C=O) groups excluding carboxylic acids is 1. The molecule has 0 atom stereocenters. The zero-order valence-electron chi connectivity index (χ0n) is 13.8. The molecule has 0 bridgehead atoms. The van der Waals surface area contributed by atoms with E-state index in [1.807, 2.05) is 7.05 Å². The molecule has 4 nitrogen and oxygen atoms in total. The van der Waals surface area contributed by atoms with Crippen molar-refractivity contribution in [3.8, 4) is 0 Å². The maximum Gasteiger partial charge on any atom is 0.236 e. The molecule has 2 rings (SSSR count). The Morgan fingerprint density at radius 2 is 1.62 bits per heavy atom. The number of carbonyl (C=O) groups is 1. The first-order chi connectivity index (χ1) is 10.3. The predicted molar refractivity (Wildman–Crippen MR) is 87.4 cm³/mol. The number of hydrogen-bond donors (Lipinski definition) is 1. The maximum atomic E-state index is 12.5. The van der Waals surface area contributed by atoms with Gasteiger partial charge >= 0.3 is 0 Å². The van der Waals surface area contributed by atoms with Crippen LogP contribution < -0.4 is 5.32 Å². The Balaban J connectivity index is 1.68. The highest BCUT2D eigenvalue weighted by Gasteiger charge is 2.22. The molecule has 122 valence electrons. The zero-order chi connectivity index (χ0) is 14.9. The van der Waals surface area contributed by atoms with E-state index in [9.17, 15) is 4.79 Å². The average Bonchev–Trinajstić information content (AvgIpc) is 2.46. The molecule has 21 heavy (non-hydrogen) atoms. The number of hydrogen-bond acceptors (Lipinski definition) is 3. The first kappa shape index (κ1) is 16.8. The van der Waals surface area contributed by atoms with Crippen LogP contribution in [0.2, 0.25) is 0 Å². The van der Waals surface area contributed by atoms with E-state index >= 15 is 0 Å². The van der Waals surface area contributed by atoms with Gasteiger partial charge in [0, 0.05) is 13.1 Å². The molecule has 2 fully saturated rings. The summed E-state index contributed by atoms with van der Waals surface area (Å²) in [5.74, 6) is 1.22. The maximum absolute atomic E-state index is 12.5. The highest BCUT2D eigenvalue weighted by molar-refractivity contribution is 5.78. The molecule has 0 spiro atoms. The van der Waals surface area contributed by atoms with Crippen LogP contribution in [0.5, 0.6) is 0 Å². The van der Waals surface area contributed by atoms with Gasteiger partial charge in [-0.1, -0.05) is 19.3 Å². The molecule has 1 amide bonds. The molecule has 4 heteroatoms. The second-order valence-electron chi connectivity index (χ2n) is 6.76. The molecule has 2 aliphatic rings. The van der Waals surface area contributed by atoms with Gasteiger partial charge in [0.25, 0.3) is 0 Å². The summed E-state index contributed by atoms with van der Waals surface area (Å²) in [6.45, 7) is 5.95. The fraction of sp³-hybridized carbons (Fsp3) is 0.941. The molecule has 0 aliphatic carbocycles. The predicted octanol–water partition coefficient (Wildman–Crippen LogP) is 2.10. The molecular weight excluding hydrogens is 262 g/mol. The lowest BCUT2D eigenvalue weighted by molar-refractivity contribution is -0.133. The van der Waals surface area contributed by atoms with Gasteiger partial charge in [-0.25, -0.2) is 0 Å². The van der Waals surface area contributed by atoms with Crippen molar-refractivity contribution in [3.05, 3.63) is 0 Å². The summed E-state index contributed by atoms with van der Waals surface area (Å²) in [5, 5.41) is 3.24. The Kier molecular flexibility index (Phi) is 7.51. The molecular formula is C17H33N3O. The minimum atomic E-state index is 0.366. The Bertz CT molecular complexity index is 292. The van der Waals surface area contributed by atoms with Crippen molar-refractivity contribution in [2.75, 3.05) is 46.3 Å². The minimum Gasteiger partial charge on any atom is -0.342 e. The van der Waals surface area contributed by atoms with Crippen molar-refractivity contribution in [1.82, 2.24) is 15.1 Å². The molecule has 0 unspecified atom stereocenters. The lowest BCUT2D eigenvalue weighted by Gasteiger charge is -2.33. The second-order valence-corrected chi connectivity index (χ2v) is 6.76. The van der Waals surface area contributed by atoms with E-state index in [1.165, 1.54) is 51.4 Å². The summed E-state index contributed by atoms with van der Waals surface area (Å²) in [4.78, 5) is 16.9. The van der Waals surface area contributed by atoms with Gasteiger partial charge in [-0.05, 0) is 64.7 Å². The van der Waals surface area contributed by atoms with Crippen molar-refractivity contribution in [1.29, 1.82) is 0 Å². The van der Waals surface area contributed by atoms with Crippen LogP contribution in [0.3, 0.4) is 0 Å². The minimum absolute atomic E-state index is 0.366. The smallest absolute Gasteiger partial charge is 0.236 e. The topological polar surface area (TPSA) is 35.6 Å². The van der Waals surface area contributed by atoms with Crippen molar-refractivity contribution in [2.24, 2.45) is 5.92 Å².